The first-order valence-corrected chi connectivity index (χ1v) is 5.02. The van der Waals surface area contributed by atoms with Crippen LogP contribution in [-0.2, 0) is 5.75 Å². The highest BCUT2D eigenvalue weighted by Crippen LogP contribution is 2.28. The Morgan fingerprint density at radius 2 is 2.00 bits per heavy atom. The maximum Gasteiger partial charge on any atom is 0.161 e. The molecule has 1 aromatic rings. The van der Waals surface area contributed by atoms with Gasteiger partial charge in [0.25, 0.3) is 0 Å². The standard InChI is InChI=1S/C10H11NO2S/c1-12-9-4-3-8(6-14-7-11)5-10(9)13-2/h3-5H,6H2,1-2H3. The lowest BCUT2D eigenvalue weighted by atomic mass is 10.2. The Bertz CT molecular complexity index is 346. The highest BCUT2D eigenvalue weighted by atomic mass is 32.2. The average Bonchev–Trinajstić information content (AvgIpc) is 2.25. The fourth-order valence-corrected chi connectivity index (χ4v) is 1.50. The SMILES string of the molecule is COc1ccc(CSC#N)cc1OC. The second-order valence-electron chi connectivity index (χ2n) is 2.57. The smallest absolute Gasteiger partial charge is 0.161 e. The minimum absolute atomic E-state index is 0.664. The lowest BCUT2D eigenvalue weighted by molar-refractivity contribution is 0.354. The normalized spacial score (nSPS) is 9.21. The first-order chi connectivity index (χ1) is 6.81. The van der Waals surface area contributed by atoms with Crippen molar-refractivity contribution >= 4 is 11.8 Å². The van der Waals surface area contributed by atoms with Crippen molar-refractivity contribution in [2.45, 2.75) is 5.75 Å². The van der Waals surface area contributed by atoms with E-state index in [-0.39, 0.29) is 0 Å². The molecule has 4 heteroatoms. The summed E-state index contributed by atoms with van der Waals surface area (Å²) in [5.74, 6) is 2.07. The van der Waals surface area contributed by atoms with Crippen LogP contribution in [0, 0.1) is 10.7 Å². The third-order valence-corrected chi connectivity index (χ3v) is 2.36. The molecule has 0 bridgehead atoms. The number of rotatable bonds is 4. The van der Waals surface area contributed by atoms with Crippen LogP contribution in [0.4, 0.5) is 0 Å². The van der Waals surface area contributed by atoms with Gasteiger partial charge < -0.3 is 9.47 Å². The van der Waals surface area contributed by atoms with Crippen LogP contribution in [0.3, 0.4) is 0 Å². The summed E-state index contributed by atoms with van der Waals surface area (Å²) in [6.45, 7) is 0. The Hall–Kier alpha value is -1.34. The topological polar surface area (TPSA) is 42.2 Å². The van der Waals surface area contributed by atoms with Crippen molar-refractivity contribution in [2.75, 3.05) is 14.2 Å². The Kier molecular flexibility index (Phi) is 4.14. The molecule has 14 heavy (non-hydrogen) atoms. The second kappa shape index (κ2) is 5.40. The van der Waals surface area contributed by atoms with E-state index >= 15 is 0 Å². The highest BCUT2D eigenvalue weighted by Gasteiger charge is 2.03. The second-order valence-corrected chi connectivity index (χ2v) is 3.33. The Morgan fingerprint density at radius 1 is 1.29 bits per heavy atom. The molecule has 0 aliphatic rings. The van der Waals surface area contributed by atoms with E-state index in [2.05, 4.69) is 0 Å². The summed E-state index contributed by atoms with van der Waals surface area (Å²) in [5, 5.41) is 10.4. The number of nitrogens with zero attached hydrogens (tertiary/aromatic N) is 1. The zero-order valence-electron chi connectivity index (χ0n) is 8.11. The van der Waals surface area contributed by atoms with Gasteiger partial charge in [-0.15, -0.1) is 0 Å². The Labute approximate surface area is 87.6 Å². The van der Waals surface area contributed by atoms with Crippen LogP contribution in [0.5, 0.6) is 11.5 Å². The number of benzene rings is 1. The van der Waals surface area contributed by atoms with Crippen LogP contribution in [0.15, 0.2) is 18.2 Å². The zero-order valence-corrected chi connectivity index (χ0v) is 8.93. The lowest BCUT2D eigenvalue weighted by Gasteiger charge is -2.08. The van der Waals surface area contributed by atoms with Crippen molar-refractivity contribution in [1.82, 2.24) is 0 Å². The van der Waals surface area contributed by atoms with Crippen LogP contribution in [0.2, 0.25) is 0 Å². The minimum atomic E-state index is 0.664. The van der Waals surface area contributed by atoms with Gasteiger partial charge in [-0.05, 0) is 29.5 Å². The fraction of sp³-hybridized carbons (Fsp3) is 0.300. The van der Waals surface area contributed by atoms with Crippen molar-refractivity contribution in [3.63, 3.8) is 0 Å². The van der Waals surface area contributed by atoms with Gasteiger partial charge in [-0.1, -0.05) is 6.07 Å². The van der Waals surface area contributed by atoms with E-state index in [0.29, 0.717) is 17.3 Å². The van der Waals surface area contributed by atoms with Gasteiger partial charge in [-0.25, -0.2) is 0 Å². The van der Waals surface area contributed by atoms with Crippen molar-refractivity contribution in [2.24, 2.45) is 0 Å². The summed E-state index contributed by atoms with van der Waals surface area (Å²) in [5.41, 5.74) is 1.05. The zero-order chi connectivity index (χ0) is 10.4. The molecule has 0 fully saturated rings. The Morgan fingerprint density at radius 3 is 2.57 bits per heavy atom. The number of hydrogen-bond donors (Lipinski definition) is 0. The number of thioether (sulfide) groups is 1. The molecule has 0 aromatic heterocycles. The molecule has 1 aromatic carbocycles. The molecule has 0 unspecified atom stereocenters. The number of methoxy groups -OCH3 is 2. The lowest BCUT2D eigenvalue weighted by Crippen LogP contribution is -1.91. The van der Waals surface area contributed by atoms with E-state index in [4.69, 9.17) is 14.7 Å². The van der Waals surface area contributed by atoms with Gasteiger partial charge in [0.2, 0.25) is 0 Å². The molecule has 74 valence electrons. The molecule has 0 aliphatic carbocycles. The number of hydrogen-bond acceptors (Lipinski definition) is 4. The monoisotopic (exact) mass is 209 g/mol. The quantitative estimate of drug-likeness (QED) is 0.714. The van der Waals surface area contributed by atoms with Gasteiger partial charge >= 0.3 is 0 Å². The predicted molar refractivity (Wildman–Crippen MR) is 56.5 cm³/mol. The Balaban J connectivity index is 2.85. The van der Waals surface area contributed by atoms with E-state index < -0.39 is 0 Å². The first-order valence-electron chi connectivity index (χ1n) is 4.03. The van der Waals surface area contributed by atoms with Crippen LogP contribution in [-0.4, -0.2) is 14.2 Å². The maximum atomic E-state index is 8.41. The third kappa shape index (κ3) is 2.57. The molecule has 0 heterocycles. The van der Waals surface area contributed by atoms with Gasteiger partial charge in [0.1, 0.15) is 5.40 Å². The summed E-state index contributed by atoms with van der Waals surface area (Å²) < 4.78 is 10.2. The number of ether oxygens (including phenoxy) is 2. The van der Waals surface area contributed by atoms with Crippen LogP contribution in [0.1, 0.15) is 5.56 Å². The molecule has 0 N–H and O–H groups in total. The van der Waals surface area contributed by atoms with Gasteiger partial charge in [0.15, 0.2) is 11.5 Å². The van der Waals surface area contributed by atoms with Gasteiger partial charge in [-0.3, -0.25) is 0 Å². The summed E-state index contributed by atoms with van der Waals surface area (Å²) in [7, 11) is 3.20. The van der Waals surface area contributed by atoms with E-state index in [9.17, 15) is 0 Å². The number of thiocyanates is 1. The summed E-state index contributed by atoms with van der Waals surface area (Å²) in [4.78, 5) is 0. The molecular formula is C10H11NO2S. The molecule has 3 nitrogen and oxygen atoms in total. The largest absolute Gasteiger partial charge is 0.493 e. The molecule has 0 atom stereocenters. The average molecular weight is 209 g/mol. The van der Waals surface area contributed by atoms with Crippen LogP contribution >= 0.6 is 11.8 Å². The molecule has 0 saturated heterocycles. The summed E-state index contributed by atoms with van der Waals surface area (Å²) in [6, 6.07) is 5.64. The first kappa shape index (κ1) is 10.7. The number of nitriles is 1. The molecule has 0 aliphatic heterocycles. The molecule has 0 saturated carbocycles. The molecule has 0 amide bonds. The minimum Gasteiger partial charge on any atom is -0.493 e. The van der Waals surface area contributed by atoms with Gasteiger partial charge in [0.05, 0.1) is 14.2 Å². The van der Waals surface area contributed by atoms with E-state index in [1.807, 2.05) is 23.6 Å². The molecule has 0 spiro atoms. The van der Waals surface area contributed by atoms with Crippen LogP contribution in [0.25, 0.3) is 0 Å². The van der Waals surface area contributed by atoms with Gasteiger partial charge in [0, 0.05) is 5.75 Å². The molecular weight excluding hydrogens is 198 g/mol. The van der Waals surface area contributed by atoms with Crippen molar-refractivity contribution in [1.29, 1.82) is 5.26 Å². The summed E-state index contributed by atoms with van der Waals surface area (Å²) in [6.07, 6.45) is 0. The van der Waals surface area contributed by atoms with E-state index in [1.54, 1.807) is 14.2 Å². The highest BCUT2D eigenvalue weighted by molar-refractivity contribution is 8.02. The molecule has 1 rings (SSSR count). The summed E-state index contributed by atoms with van der Waals surface area (Å²) >= 11 is 1.20. The van der Waals surface area contributed by atoms with Crippen LogP contribution < -0.4 is 9.47 Å². The van der Waals surface area contributed by atoms with E-state index in [0.717, 1.165) is 5.56 Å². The van der Waals surface area contributed by atoms with Crippen molar-refractivity contribution in [3.05, 3.63) is 23.8 Å². The van der Waals surface area contributed by atoms with Crippen molar-refractivity contribution in [3.8, 4) is 16.9 Å². The van der Waals surface area contributed by atoms with Gasteiger partial charge in [-0.2, -0.15) is 5.26 Å². The predicted octanol–water partition coefficient (Wildman–Crippen LogP) is 2.42. The molecule has 0 radical (unpaired) electrons. The van der Waals surface area contributed by atoms with Crippen molar-refractivity contribution < 1.29 is 9.47 Å². The fourth-order valence-electron chi connectivity index (χ4n) is 1.09. The third-order valence-electron chi connectivity index (χ3n) is 1.75. The maximum absolute atomic E-state index is 8.41. The van der Waals surface area contributed by atoms with E-state index in [1.165, 1.54) is 11.8 Å².